The lowest BCUT2D eigenvalue weighted by atomic mass is 9.82. The van der Waals surface area contributed by atoms with Crippen molar-refractivity contribution in [2.75, 3.05) is 12.4 Å². The quantitative estimate of drug-likeness (QED) is 0.552. The van der Waals surface area contributed by atoms with Crippen molar-refractivity contribution < 1.29 is 13.2 Å². The predicted octanol–water partition coefficient (Wildman–Crippen LogP) is 4.98. The van der Waals surface area contributed by atoms with E-state index in [1.807, 2.05) is 38.1 Å². The highest BCUT2D eigenvalue weighted by molar-refractivity contribution is 9.10. The molecule has 0 amide bonds. The van der Waals surface area contributed by atoms with Crippen LogP contribution >= 0.6 is 26.6 Å². The van der Waals surface area contributed by atoms with Gasteiger partial charge in [0.1, 0.15) is 5.75 Å². The first kappa shape index (κ1) is 18.8. The SMILES string of the molecule is CCCC(CCC)(COc1cccc(Br)c1)CS(=O)(=O)Cl. The summed E-state index contributed by atoms with van der Waals surface area (Å²) in [7, 11) is 1.95. The second-order valence-electron chi connectivity index (χ2n) is 5.43. The van der Waals surface area contributed by atoms with Crippen LogP contribution in [0.1, 0.15) is 39.5 Å². The van der Waals surface area contributed by atoms with Gasteiger partial charge in [-0.05, 0) is 31.0 Å². The maximum absolute atomic E-state index is 11.6. The van der Waals surface area contributed by atoms with Crippen LogP contribution in [-0.4, -0.2) is 20.8 Å². The number of halogens is 2. The molecule has 0 aliphatic rings. The maximum Gasteiger partial charge on any atom is 0.233 e. The van der Waals surface area contributed by atoms with Gasteiger partial charge in [0, 0.05) is 20.6 Å². The maximum atomic E-state index is 11.6. The first-order valence-electron chi connectivity index (χ1n) is 7.11. The Bertz CT molecular complexity index is 540. The van der Waals surface area contributed by atoms with Crippen LogP contribution in [0.15, 0.2) is 28.7 Å². The van der Waals surface area contributed by atoms with Crippen molar-refractivity contribution >= 4 is 35.7 Å². The Kier molecular flexibility index (Phi) is 7.51. The van der Waals surface area contributed by atoms with Crippen LogP contribution in [0.2, 0.25) is 0 Å². The topological polar surface area (TPSA) is 43.4 Å². The summed E-state index contributed by atoms with van der Waals surface area (Å²) in [5.41, 5.74) is -0.424. The first-order valence-corrected chi connectivity index (χ1v) is 10.4. The largest absolute Gasteiger partial charge is 0.493 e. The minimum Gasteiger partial charge on any atom is -0.493 e. The molecule has 3 nitrogen and oxygen atoms in total. The minimum absolute atomic E-state index is 0.0444. The molecule has 0 aliphatic heterocycles. The van der Waals surface area contributed by atoms with Crippen molar-refractivity contribution in [2.45, 2.75) is 39.5 Å². The van der Waals surface area contributed by atoms with Gasteiger partial charge in [0.25, 0.3) is 0 Å². The van der Waals surface area contributed by atoms with Crippen molar-refractivity contribution in [3.05, 3.63) is 28.7 Å². The lowest BCUT2D eigenvalue weighted by Crippen LogP contribution is -2.35. The second kappa shape index (κ2) is 8.39. The van der Waals surface area contributed by atoms with E-state index in [0.29, 0.717) is 6.61 Å². The molecule has 0 saturated heterocycles. The van der Waals surface area contributed by atoms with Crippen LogP contribution in [0.5, 0.6) is 5.75 Å². The number of hydrogen-bond acceptors (Lipinski definition) is 3. The molecular formula is C15H22BrClO3S. The molecule has 0 saturated carbocycles. The Morgan fingerprint density at radius 3 is 2.33 bits per heavy atom. The molecule has 120 valence electrons. The summed E-state index contributed by atoms with van der Waals surface area (Å²) < 4.78 is 29.9. The Balaban J connectivity index is 2.89. The molecular weight excluding hydrogens is 376 g/mol. The summed E-state index contributed by atoms with van der Waals surface area (Å²) >= 11 is 3.40. The first-order chi connectivity index (χ1) is 9.80. The van der Waals surface area contributed by atoms with Crippen LogP contribution in [0, 0.1) is 5.41 Å². The van der Waals surface area contributed by atoms with Gasteiger partial charge in [-0.25, -0.2) is 8.42 Å². The van der Waals surface area contributed by atoms with Crippen LogP contribution in [0.4, 0.5) is 0 Å². The smallest absolute Gasteiger partial charge is 0.233 e. The molecule has 0 spiro atoms. The molecule has 1 aromatic carbocycles. The Labute approximate surface area is 140 Å². The fraction of sp³-hybridized carbons (Fsp3) is 0.600. The van der Waals surface area contributed by atoms with Gasteiger partial charge in [-0.2, -0.15) is 0 Å². The molecule has 0 atom stereocenters. The molecule has 0 aliphatic carbocycles. The Morgan fingerprint density at radius 1 is 1.24 bits per heavy atom. The molecule has 6 heteroatoms. The van der Waals surface area contributed by atoms with Crippen molar-refractivity contribution in [1.29, 1.82) is 0 Å². The van der Waals surface area contributed by atoms with Gasteiger partial charge in [-0.1, -0.05) is 48.7 Å². The zero-order valence-electron chi connectivity index (χ0n) is 12.4. The number of hydrogen-bond donors (Lipinski definition) is 0. The highest BCUT2D eigenvalue weighted by atomic mass is 79.9. The number of benzene rings is 1. The third-order valence-electron chi connectivity index (χ3n) is 3.38. The summed E-state index contributed by atoms with van der Waals surface area (Å²) in [6.45, 7) is 4.45. The highest BCUT2D eigenvalue weighted by Crippen LogP contribution is 2.34. The molecule has 1 rings (SSSR count). The van der Waals surface area contributed by atoms with Gasteiger partial charge in [0.15, 0.2) is 0 Å². The summed E-state index contributed by atoms with van der Waals surface area (Å²) in [6.07, 6.45) is 3.35. The average Bonchev–Trinajstić information content (AvgIpc) is 2.35. The highest BCUT2D eigenvalue weighted by Gasteiger charge is 2.34. The zero-order valence-corrected chi connectivity index (χ0v) is 15.6. The summed E-state index contributed by atoms with van der Waals surface area (Å²) in [6, 6.07) is 7.54. The molecule has 0 aromatic heterocycles. The fourth-order valence-corrected chi connectivity index (χ4v) is 4.85. The van der Waals surface area contributed by atoms with Crippen LogP contribution in [-0.2, 0) is 9.05 Å². The van der Waals surface area contributed by atoms with E-state index < -0.39 is 14.5 Å². The van der Waals surface area contributed by atoms with Crippen molar-refractivity contribution in [3.8, 4) is 5.75 Å². The average molecular weight is 398 g/mol. The summed E-state index contributed by atoms with van der Waals surface area (Å²) in [5.74, 6) is 0.685. The second-order valence-corrected chi connectivity index (χ2v) is 9.12. The van der Waals surface area contributed by atoms with E-state index in [4.69, 9.17) is 15.4 Å². The fourth-order valence-electron chi connectivity index (χ4n) is 2.67. The van der Waals surface area contributed by atoms with Crippen LogP contribution in [0.25, 0.3) is 0 Å². The monoisotopic (exact) mass is 396 g/mol. The number of rotatable bonds is 9. The van der Waals surface area contributed by atoms with Gasteiger partial charge in [-0.15, -0.1) is 0 Å². The zero-order chi connectivity index (χ0) is 15.9. The van der Waals surface area contributed by atoms with Crippen molar-refractivity contribution in [1.82, 2.24) is 0 Å². The van der Waals surface area contributed by atoms with E-state index in [1.54, 1.807) is 0 Å². The molecule has 0 heterocycles. The molecule has 0 radical (unpaired) electrons. The van der Waals surface area contributed by atoms with Crippen molar-refractivity contribution in [2.24, 2.45) is 5.41 Å². The predicted molar refractivity (Wildman–Crippen MR) is 91.5 cm³/mol. The van der Waals surface area contributed by atoms with E-state index in [0.717, 1.165) is 35.9 Å². The number of ether oxygens (including phenoxy) is 1. The van der Waals surface area contributed by atoms with Crippen molar-refractivity contribution in [3.63, 3.8) is 0 Å². The third-order valence-corrected chi connectivity index (χ3v) is 5.16. The molecule has 21 heavy (non-hydrogen) atoms. The standard InChI is InChI=1S/C15H22BrClO3S/c1-3-8-15(9-4-2,12-21(17,18)19)11-20-14-7-5-6-13(16)10-14/h5-7,10H,3-4,8-9,11-12H2,1-2H3. The lowest BCUT2D eigenvalue weighted by molar-refractivity contribution is 0.141. The minimum atomic E-state index is -3.56. The van der Waals surface area contributed by atoms with Gasteiger partial charge in [-0.3, -0.25) is 0 Å². The molecule has 0 bridgehead atoms. The van der Waals surface area contributed by atoms with Gasteiger partial charge < -0.3 is 4.74 Å². The molecule has 0 N–H and O–H groups in total. The van der Waals surface area contributed by atoms with E-state index in [9.17, 15) is 8.42 Å². The summed E-state index contributed by atoms with van der Waals surface area (Å²) in [5, 5.41) is 0. The third kappa shape index (κ3) is 7.02. The summed E-state index contributed by atoms with van der Waals surface area (Å²) in [4.78, 5) is 0. The molecule has 1 aromatic rings. The van der Waals surface area contributed by atoms with E-state index in [2.05, 4.69) is 15.9 Å². The van der Waals surface area contributed by atoms with E-state index >= 15 is 0 Å². The Hall–Kier alpha value is -0.260. The Morgan fingerprint density at radius 2 is 1.86 bits per heavy atom. The van der Waals surface area contributed by atoms with E-state index in [1.165, 1.54) is 0 Å². The van der Waals surface area contributed by atoms with Gasteiger partial charge in [0.2, 0.25) is 9.05 Å². The normalized spacial score (nSPS) is 12.4. The molecule has 0 fully saturated rings. The molecule has 0 unspecified atom stereocenters. The van der Waals surface area contributed by atoms with Gasteiger partial charge >= 0.3 is 0 Å². The lowest BCUT2D eigenvalue weighted by Gasteiger charge is -2.32. The van der Waals surface area contributed by atoms with Crippen LogP contribution < -0.4 is 4.74 Å². The van der Waals surface area contributed by atoms with Crippen LogP contribution in [0.3, 0.4) is 0 Å². The van der Waals surface area contributed by atoms with Gasteiger partial charge in [0.05, 0.1) is 12.4 Å². The van der Waals surface area contributed by atoms with E-state index in [-0.39, 0.29) is 5.75 Å².